The quantitative estimate of drug-likeness (QED) is 0.0304. The van der Waals surface area contributed by atoms with Crippen molar-refractivity contribution in [3.63, 3.8) is 0 Å². The number of nitrogens with one attached hydrogen (secondary N) is 5. The van der Waals surface area contributed by atoms with Crippen LogP contribution in [0.4, 0.5) is 34.1 Å². The molecule has 62 heavy (non-hydrogen) atoms. The van der Waals surface area contributed by atoms with Crippen LogP contribution in [0.2, 0.25) is 0 Å². The molecule has 0 aliphatic carbocycles. The van der Waals surface area contributed by atoms with Crippen LogP contribution in [0.1, 0.15) is 42.0 Å². The third-order valence-corrected chi connectivity index (χ3v) is 10.4. The van der Waals surface area contributed by atoms with Crippen molar-refractivity contribution in [3.8, 4) is 0 Å². The Bertz CT molecular complexity index is 2970. The van der Waals surface area contributed by atoms with Crippen LogP contribution in [-0.4, -0.2) is 73.9 Å². The zero-order valence-electron chi connectivity index (χ0n) is 33.8. The van der Waals surface area contributed by atoms with E-state index in [2.05, 4.69) is 31.6 Å². The molecule has 0 fully saturated rings. The minimum Gasteiger partial charge on any atom is -0.846 e. The first-order valence-electron chi connectivity index (χ1n) is 17.2. The van der Waals surface area contributed by atoms with Gasteiger partial charge in [0.15, 0.2) is 0 Å². The zero-order valence-corrected chi connectivity index (χ0v) is 39.5. The first kappa shape index (κ1) is 49.2. The predicted octanol–water partition coefficient (Wildman–Crippen LogP) is -3.33. The van der Waals surface area contributed by atoms with Crippen molar-refractivity contribution < 1.29 is 109 Å². The molecule has 0 bridgehead atoms. The van der Waals surface area contributed by atoms with Crippen molar-refractivity contribution in [2.75, 3.05) is 26.6 Å². The third kappa shape index (κ3) is 11.9. The van der Waals surface area contributed by atoms with E-state index in [0.717, 1.165) is 18.2 Å². The largest absolute Gasteiger partial charge is 1.00 e. The van der Waals surface area contributed by atoms with Gasteiger partial charge in [0.25, 0.3) is 33.7 Å². The van der Waals surface area contributed by atoms with Crippen molar-refractivity contribution >= 4 is 84.0 Å². The van der Waals surface area contributed by atoms with Crippen LogP contribution in [0.3, 0.4) is 0 Å². The maximum atomic E-state index is 13.2. The summed E-state index contributed by atoms with van der Waals surface area (Å²) in [4.78, 5) is 55.3. The van der Waals surface area contributed by atoms with E-state index in [-0.39, 0.29) is 116 Å². The molecule has 0 saturated carbocycles. The van der Waals surface area contributed by atoms with E-state index in [1.165, 1.54) is 97.7 Å². The summed E-state index contributed by atoms with van der Waals surface area (Å²) in [7, 11) is -2.99. The summed E-state index contributed by atoms with van der Waals surface area (Å²) in [5.41, 5.74) is 1.48. The second kappa shape index (κ2) is 19.7. The van der Waals surface area contributed by atoms with Gasteiger partial charge in [-0.15, -0.1) is 0 Å². The summed E-state index contributed by atoms with van der Waals surface area (Å²) in [6, 6.07) is 14.6. The van der Waals surface area contributed by atoms with Gasteiger partial charge in [0, 0.05) is 64.4 Å². The van der Waals surface area contributed by atoms with Gasteiger partial charge in [0.2, 0.25) is 0 Å². The normalized spacial score (nSPS) is 11.5. The first-order chi connectivity index (χ1) is 28.1. The fourth-order valence-corrected chi connectivity index (χ4v) is 6.97. The SMILES string of the molecule is Cn1cc(N=C([O-])Nc2cc(C(=O)Nc3cc(C(=O)Nc4cccc(S(=O)(=O)O)c4)n(C)c3)n(C)c2)cc1C(=O)Nc1cc(C(=O)Nc2cccc(S(=O)(=O)[O-])c2)n(C)c1.[Na+].[Na+]. The second-order valence-electron chi connectivity index (χ2n) is 13.2. The number of amidine groups is 1. The minimum absolute atomic E-state index is 0. The van der Waals surface area contributed by atoms with Crippen LogP contribution in [0.15, 0.2) is 112 Å². The molecule has 0 radical (unpaired) electrons. The average molecular weight is 905 g/mol. The summed E-state index contributed by atoms with van der Waals surface area (Å²) >= 11 is 0. The summed E-state index contributed by atoms with van der Waals surface area (Å²) in [6.07, 6.45) is 5.86. The molecule has 21 nitrogen and oxygen atoms in total. The molecule has 0 aliphatic heterocycles. The fraction of sp³-hybridized carbons (Fsp3) is 0.108. The number of anilines is 5. The number of rotatable bonds is 12. The Morgan fingerprint density at radius 3 is 1.31 bits per heavy atom. The molecule has 4 aromatic heterocycles. The molecule has 312 valence electrons. The van der Waals surface area contributed by atoms with Crippen molar-refractivity contribution in [1.82, 2.24) is 18.3 Å². The van der Waals surface area contributed by atoms with Crippen molar-refractivity contribution in [2.24, 2.45) is 33.2 Å². The molecule has 6 N–H and O–H groups in total. The molecule has 0 atom stereocenters. The number of aliphatic imine (C=N–C) groups is 1. The molecule has 6 aromatic rings. The Morgan fingerprint density at radius 1 is 0.532 bits per heavy atom. The second-order valence-corrected chi connectivity index (χ2v) is 16.0. The molecule has 25 heteroatoms. The topological polar surface area (TPSA) is 295 Å². The van der Waals surface area contributed by atoms with E-state index in [4.69, 9.17) is 0 Å². The number of carbonyl (C=O) groups excluding carboxylic acids is 4. The monoisotopic (exact) mass is 904 g/mol. The molecule has 2 aromatic carbocycles. The van der Waals surface area contributed by atoms with E-state index in [0.29, 0.717) is 0 Å². The van der Waals surface area contributed by atoms with Crippen LogP contribution >= 0.6 is 0 Å². The van der Waals surface area contributed by atoms with E-state index < -0.39 is 59.7 Å². The molecule has 4 heterocycles. The van der Waals surface area contributed by atoms with Crippen molar-refractivity contribution in [3.05, 3.63) is 120 Å². The van der Waals surface area contributed by atoms with Gasteiger partial charge in [-0.2, -0.15) is 8.42 Å². The Kier molecular flexibility index (Phi) is 15.6. The van der Waals surface area contributed by atoms with E-state index in [9.17, 15) is 50.2 Å². The molecule has 0 unspecified atom stereocenters. The minimum atomic E-state index is -4.74. The molecular weight excluding hydrogens is 871 g/mol. The van der Waals surface area contributed by atoms with Crippen LogP contribution in [0.5, 0.6) is 0 Å². The van der Waals surface area contributed by atoms with Gasteiger partial charge < -0.3 is 54.5 Å². The first-order valence-corrected chi connectivity index (χ1v) is 20.1. The standard InChI is InChI=1S/C37H36N10O11S2.2Na/c1-44-17-23(13-29(44)33(48)38-21-7-5-9-27(11-21)59(53,54)55)40-35(50)31-15-25(19-46(31)3)42-37(52)43-26-16-32(47(4)20-26)36(51)41-24-14-30(45(2)18-24)34(49)39-22-8-6-10-28(12-22)60(56,57)58;;/h5-20H,1-4H3,(H,38,48)(H,39,49)(H,40,50)(H,41,51)(H2,42,43,52)(H,53,54,55)(H,56,57,58);;/q;2*+1/p-2. The van der Waals surface area contributed by atoms with Crippen molar-refractivity contribution in [2.45, 2.75) is 9.79 Å². The average Bonchev–Trinajstić information content (AvgIpc) is 3.92. The Balaban J connectivity index is 0.00000422. The number of aromatic nitrogens is 4. The van der Waals surface area contributed by atoms with Gasteiger partial charge in [0.05, 0.1) is 38.6 Å². The van der Waals surface area contributed by atoms with Gasteiger partial charge in [-0.3, -0.25) is 23.7 Å². The zero-order chi connectivity index (χ0) is 43.7. The van der Waals surface area contributed by atoms with Crippen LogP contribution in [-0.2, 0) is 48.4 Å². The molecule has 4 amide bonds. The van der Waals surface area contributed by atoms with Gasteiger partial charge in [-0.05, 0) is 60.7 Å². The number of hydrogen-bond acceptors (Lipinski definition) is 11. The van der Waals surface area contributed by atoms with Crippen LogP contribution in [0, 0.1) is 0 Å². The van der Waals surface area contributed by atoms with E-state index in [1.807, 2.05) is 0 Å². The molecule has 6 rings (SSSR count). The number of carbonyl (C=O) groups is 4. The van der Waals surface area contributed by atoms with E-state index >= 15 is 0 Å². The van der Waals surface area contributed by atoms with Gasteiger partial charge in [-0.25, -0.2) is 13.4 Å². The summed E-state index contributed by atoms with van der Waals surface area (Å²) in [5, 5.41) is 25.8. The fourth-order valence-electron chi connectivity index (χ4n) is 5.92. The number of amides is 4. The van der Waals surface area contributed by atoms with Crippen molar-refractivity contribution in [1.29, 1.82) is 0 Å². The Morgan fingerprint density at radius 2 is 0.887 bits per heavy atom. The van der Waals surface area contributed by atoms with Crippen LogP contribution in [0.25, 0.3) is 0 Å². The third-order valence-electron chi connectivity index (χ3n) is 8.70. The summed E-state index contributed by atoms with van der Waals surface area (Å²) in [5.74, 6) is -2.44. The maximum Gasteiger partial charge on any atom is 1.00 e. The predicted molar refractivity (Wildman–Crippen MR) is 215 cm³/mol. The summed E-state index contributed by atoms with van der Waals surface area (Å²) < 4.78 is 72.0. The molecular formula is C37H34N10Na2O11S2. The molecule has 0 spiro atoms. The number of hydrogen-bond donors (Lipinski definition) is 6. The molecule has 0 aliphatic rings. The smallest absolute Gasteiger partial charge is 0.846 e. The van der Waals surface area contributed by atoms with Crippen LogP contribution < -0.4 is 90.8 Å². The van der Waals surface area contributed by atoms with Gasteiger partial charge in [-0.1, -0.05) is 12.1 Å². The van der Waals surface area contributed by atoms with E-state index in [1.54, 1.807) is 28.2 Å². The Hall–Kier alpha value is -5.47. The van der Waals surface area contributed by atoms with Gasteiger partial charge >= 0.3 is 59.1 Å². The Labute approximate surface area is 398 Å². The molecule has 0 saturated heterocycles. The number of aryl methyl sites for hydroxylation is 4. The summed E-state index contributed by atoms with van der Waals surface area (Å²) in [6.45, 7) is 0. The van der Waals surface area contributed by atoms with Gasteiger partial charge in [0.1, 0.15) is 32.9 Å². The number of nitrogens with zero attached hydrogens (tertiary/aromatic N) is 5. The maximum absolute atomic E-state index is 13.2. The number of benzene rings is 2.